The second-order valence-electron chi connectivity index (χ2n) is 4.15. The number of rotatable bonds is 4. The first-order valence-electron chi connectivity index (χ1n) is 6.03. The number of carbonyl (C=O) groups excluding carboxylic acids is 1. The van der Waals surface area contributed by atoms with Crippen molar-refractivity contribution < 1.29 is 14.3 Å². The van der Waals surface area contributed by atoms with Crippen LogP contribution in [0.1, 0.15) is 10.4 Å². The van der Waals surface area contributed by atoms with Crippen LogP contribution in [-0.2, 0) is 0 Å². The number of carbonyl (C=O) groups is 1. The standard InChI is InChI=1S/C15H13Cl2NO3/c1-20-13-7-11(17)12(8-14(13)21-2)18-15(19)9-4-3-5-10(16)6-9/h3-8H,1-2H3,(H,18,19). The molecule has 2 aromatic carbocycles. The van der Waals surface area contributed by atoms with Crippen LogP contribution < -0.4 is 14.8 Å². The predicted molar refractivity (Wildman–Crippen MR) is 84.0 cm³/mol. The molecule has 110 valence electrons. The molecule has 4 nitrogen and oxygen atoms in total. The molecule has 0 aliphatic heterocycles. The molecule has 0 heterocycles. The highest BCUT2D eigenvalue weighted by atomic mass is 35.5. The van der Waals surface area contributed by atoms with Crippen molar-refractivity contribution in [3.05, 3.63) is 52.0 Å². The maximum Gasteiger partial charge on any atom is 0.255 e. The third-order valence-electron chi connectivity index (χ3n) is 2.81. The topological polar surface area (TPSA) is 47.6 Å². The Morgan fingerprint density at radius 2 is 1.71 bits per heavy atom. The van der Waals surface area contributed by atoms with Gasteiger partial charge in [0, 0.05) is 22.7 Å². The van der Waals surface area contributed by atoms with E-state index in [0.717, 1.165) is 0 Å². The molecule has 2 aromatic rings. The second-order valence-corrected chi connectivity index (χ2v) is 5.00. The van der Waals surface area contributed by atoms with Crippen molar-refractivity contribution in [2.24, 2.45) is 0 Å². The molecule has 0 aromatic heterocycles. The lowest BCUT2D eigenvalue weighted by molar-refractivity contribution is 0.102. The van der Waals surface area contributed by atoms with Crippen LogP contribution in [0.25, 0.3) is 0 Å². The van der Waals surface area contributed by atoms with Crippen molar-refractivity contribution in [3.63, 3.8) is 0 Å². The number of methoxy groups -OCH3 is 2. The van der Waals surface area contributed by atoms with Gasteiger partial charge in [-0.05, 0) is 18.2 Å². The Labute approximate surface area is 132 Å². The molecule has 0 unspecified atom stereocenters. The minimum atomic E-state index is -0.313. The van der Waals surface area contributed by atoms with Crippen LogP contribution in [0.15, 0.2) is 36.4 Å². The average molecular weight is 326 g/mol. The van der Waals surface area contributed by atoms with E-state index in [1.807, 2.05) is 0 Å². The number of amides is 1. The Balaban J connectivity index is 2.29. The normalized spacial score (nSPS) is 10.1. The zero-order valence-electron chi connectivity index (χ0n) is 11.4. The highest BCUT2D eigenvalue weighted by Crippen LogP contribution is 2.36. The third kappa shape index (κ3) is 3.60. The summed E-state index contributed by atoms with van der Waals surface area (Å²) in [5.74, 6) is 0.651. The molecule has 0 fully saturated rings. The molecule has 0 aliphatic carbocycles. The summed E-state index contributed by atoms with van der Waals surface area (Å²) in [6.45, 7) is 0. The summed E-state index contributed by atoms with van der Waals surface area (Å²) in [5.41, 5.74) is 0.868. The molecule has 0 radical (unpaired) electrons. The Kier molecular flexibility index (Phi) is 4.94. The Morgan fingerprint density at radius 3 is 2.33 bits per heavy atom. The maximum atomic E-state index is 12.2. The molecule has 6 heteroatoms. The van der Waals surface area contributed by atoms with Crippen LogP contribution in [-0.4, -0.2) is 20.1 Å². The van der Waals surface area contributed by atoms with Crippen molar-refractivity contribution >= 4 is 34.8 Å². The van der Waals surface area contributed by atoms with Gasteiger partial charge in [-0.25, -0.2) is 0 Å². The summed E-state index contributed by atoms with van der Waals surface area (Å²) in [7, 11) is 3.02. The van der Waals surface area contributed by atoms with E-state index in [-0.39, 0.29) is 5.91 Å². The lowest BCUT2D eigenvalue weighted by Crippen LogP contribution is -2.12. The van der Waals surface area contributed by atoms with E-state index in [1.165, 1.54) is 14.2 Å². The van der Waals surface area contributed by atoms with Crippen LogP contribution in [0.4, 0.5) is 5.69 Å². The average Bonchev–Trinajstić information content (AvgIpc) is 2.48. The SMILES string of the molecule is COc1cc(Cl)c(NC(=O)c2cccc(Cl)c2)cc1OC. The first-order chi connectivity index (χ1) is 10.0. The molecule has 1 amide bonds. The minimum Gasteiger partial charge on any atom is -0.493 e. The molecular formula is C15H13Cl2NO3. The number of nitrogens with one attached hydrogen (secondary N) is 1. The van der Waals surface area contributed by atoms with Crippen LogP contribution in [0.5, 0.6) is 11.5 Å². The summed E-state index contributed by atoms with van der Waals surface area (Å²) in [5, 5.41) is 3.55. The van der Waals surface area contributed by atoms with Gasteiger partial charge in [-0.1, -0.05) is 29.3 Å². The van der Waals surface area contributed by atoms with Gasteiger partial charge < -0.3 is 14.8 Å². The lowest BCUT2D eigenvalue weighted by Gasteiger charge is -2.12. The van der Waals surface area contributed by atoms with Gasteiger partial charge in [0.05, 0.1) is 24.9 Å². The number of anilines is 1. The van der Waals surface area contributed by atoms with Crippen LogP contribution >= 0.6 is 23.2 Å². The smallest absolute Gasteiger partial charge is 0.255 e. The van der Waals surface area contributed by atoms with Crippen LogP contribution in [0, 0.1) is 0 Å². The van der Waals surface area contributed by atoms with E-state index in [9.17, 15) is 4.79 Å². The molecule has 0 atom stereocenters. The Hall–Kier alpha value is -1.91. The molecule has 0 bridgehead atoms. The first-order valence-corrected chi connectivity index (χ1v) is 6.79. The zero-order chi connectivity index (χ0) is 15.4. The van der Waals surface area contributed by atoms with Crippen molar-refractivity contribution in [2.45, 2.75) is 0 Å². The highest BCUT2D eigenvalue weighted by Gasteiger charge is 2.13. The van der Waals surface area contributed by atoms with Crippen molar-refractivity contribution in [1.29, 1.82) is 0 Å². The van der Waals surface area contributed by atoms with Gasteiger partial charge in [-0.3, -0.25) is 4.79 Å². The molecule has 21 heavy (non-hydrogen) atoms. The number of ether oxygens (including phenoxy) is 2. The highest BCUT2D eigenvalue weighted by molar-refractivity contribution is 6.34. The van der Waals surface area contributed by atoms with Gasteiger partial charge in [0.2, 0.25) is 0 Å². The molecular weight excluding hydrogens is 313 g/mol. The fraction of sp³-hybridized carbons (Fsp3) is 0.133. The first kappa shape index (κ1) is 15.5. The lowest BCUT2D eigenvalue weighted by atomic mass is 10.2. The van der Waals surface area contributed by atoms with E-state index in [2.05, 4.69) is 5.32 Å². The monoisotopic (exact) mass is 325 g/mol. The Bertz CT molecular complexity index is 674. The van der Waals surface area contributed by atoms with Gasteiger partial charge in [0.1, 0.15) is 0 Å². The van der Waals surface area contributed by atoms with Crippen molar-refractivity contribution in [2.75, 3.05) is 19.5 Å². The van der Waals surface area contributed by atoms with Gasteiger partial charge in [0.15, 0.2) is 11.5 Å². The largest absolute Gasteiger partial charge is 0.493 e. The van der Waals surface area contributed by atoms with Gasteiger partial charge >= 0.3 is 0 Å². The molecule has 2 rings (SSSR count). The van der Waals surface area contributed by atoms with Crippen molar-refractivity contribution in [1.82, 2.24) is 0 Å². The van der Waals surface area contributed by atoms with Gasteiger partial charge in [-0.15, -0.1) is 0 Å². The van der Waals surface area contributed by atoms with Crippen LogP contribution in [0.3, 0.4) is 0 Å². The summed E-state index contributed by atoms with van der Waals surface area (Å²) in [6, 6.07) is 9.81. The van der Waals surface area contributed by atoms with E-state index >= 15 is 0 Å². The van der Waals surface area contributed by atoms with E-state index in [1.54, 1.807) is 36.4 Å². The number of benzene rings is 2. The van der Waals surface area contributed by atoms with E-state index in [0.29, 0.717) is 32.8 Å². The predicted octanol–water partition coefficient (Wildman–Crippen LogP) is 4.26. The molecule has 0 spiro atoms. The summed E-state index contributed by atoms with van der Waals surface area (Å²) in [4.78, 5) is 12.2. The number of hydrogen-bond donors (Lipinski definition) is 1. The summed E-state index contributed by atoms with van der Waals surface area (Å²) < 4.78 is 10.3. The van der Waals surface area contributed by atoms with E-state index in [4.69, 9.17) is 32.7 Å². The molecule has 0 saturated carbocycles. The summed E-state index contributed by atoms with van der Waals surface area (Å²) in [6.07, 6.45) is 0. The summed E-state index contributed by atoms with van der Waals surface area (Å²) >= 11 is 12.0. The van der Waals surface area contributed by atoms with E-state index < -0.39 is 0 Å². The second kappa shape index (κ2) is 6.70. The number of hydrogen-bond acceptors (Lipinski definition) is 3. The molecule has 1 N–H and O–H groups in total. The Morgan fingerprint density at radius 1 is 1.05 bits per heavy atom. The minimum absolute atomic E-state index is 0.313. The fourth-order valence-electron chi connectivity index (χ4n) is 1.77. The van der Waals surface area contributed by atoms with Crippen LogP contribution in [0.2, 0.25) is 10.0 Å². The van der Waals surface area contributed by atoms with Crippen molar-refractivity contribution in [3.8, 4) is 11.5 Å². The van der Waals surface area contributed by atoms with Gasteiger partial charge in [-0.2, -0.15) is 0 Å². The zero-order valence-corrected chi connectivity index (χ0v) is 13.0. The molecule has 0 saturated heterocycles. The van der Waals surface area contributed by atoms with Gasteiger partial charge in [0.25, 0.3) is 5.91 Å². The number of halogens is 2. The fourth-order valence-corrected chi connectivity index (χ4v) is 2.17. The quantitative estimate of drug-likeness (QED) is 0.913. The maximum absolute atomic E-state index is 12.2. The third-order valence-corrected chi connectivity index (χ3v) is 3.36. The molecule has 0 aliphatic rings.